The summed E-state index contributed by atoms with van der Waals surface area (Å²) in [5, 5.41) is 6.61. The summed E-state index contributed by atoms with van der Waals surface area (Å²) < 4.78 is 5.91. The van der Waals surface area contributed by atoms with Crippen LogP contribution in [-0.2, 0) is 17.8 Å². The Morgan fingerprint density at radius 1 is 1.36 bits per heavy atom. The van der Waals surface area contributed by atoms with Crippen molar-refractivity contribution in [3.63, 3.8) is 0 Å². The molecule has 1 saturated heterocycles. The van der Waals surface area contributed by atoms with E-state index in [1.165, 1.54) is 5.56 Å². The molecular weight excluding hydrogens is 370 g/mol. The average Bonchev–Trinajstić information content (AvgIpc) is 3.19. The van der Waals surface area contributed by atoms with E-state index in [1.807, 2.05) is 13.8 Å². The molecule has 2 aromatic heterocycles. The number of aryl methyl sites for hydroxylation is 2. The van der Waals surface area contributed by atoms with Crippen LogP contribution in [0.1, 0.15) is 66.9 Å². The van der Waals surface area contributed by atoms with Gasteiger partial charge in [0.25, 0.3) is 0 Å². The lowest BCUT2D eigenvalue weighted by Gasteiger charge is -2.36. The molecule has 6 heteroatoms. The minimum absolute atomic E-state index is 0.0692. The van der Waals surface area contributed by atoms with Gasteiger partial charge < -0.3 is 9.73 Å². The fourth-order valence-electron chi connectivity index (χ4n) is 4.67. The van der Waals surface area contributed by atoms with E-state index < -0.39 is 0 Å². The zero-order valence-corrected chi connectivity index (χ0v) is 18.2. The molecular formula is C22H31N3O2S. The van der Waals surface area contributed by atoms with E-state index in [2.05, 4.69) is 40.5 Å². The zero-order valence-electron chi connectivity index (χ0n) is 17.4. The third-order valence-electron chi connectivity index (χ3n) is 6.06. The number of nitrogens with zero attached hydrogens (tertiary/aromatic N) is 2. The number of aromatic nitrogens is 1. The molecule has 0 radical (unpaired) electrons. The predicted molar refractivity (Wildman–Crippen MR) is 111 cm³/mol. The molecule has 0 aromatic carbocycles. The fourth-order valence-corrected chi connectivity index (χ4v) is 5.27. The van der Waals surface area contributed by atoms with Crippen LogP contribution < -0.4 is 5.32 Å². The molecule has 4 rings (SSSR count). The first-order valence-electron chi connectivity index (χ1n) is 10.3. The molecule has 1 fully saturated rings. The van der Waals surface area contributed by atoms with Gasteiger partial charge in [0.05, 0.1) is 16.7 Å². The molecule has 5 nitrogen and oxygen atoms in total. The quantitative estimate of drug-likeness (QED) is 0.825. The van der Waals surface area contributed by atoms with Crippen LogP contribution in [0.15, 0.2) is 15.9 Å². The highest BCUT2D eigenvalue weighted by Gasteiger charge is 2.36. The molecule has 0 bridgehead atoms. The molecule has 1 amide bonds. The van der Waals surface area contributed by atoms with E-state index in [9.17, 15) is 4.79 Å². The van der Waals surface area contributed by atoms with Gasteiger partial charge in [-0.15, -0.1) is 11.3 Å². The highest BCUT2D eigenvalue weighted by Crippen LogP contribution is 2.42. The van der Waals surface area contributed by atoms with Crippen LogP contribution in [-0.4, -0.2) is 28.9 Å². The Labute approximate surface area is 171 Å². The van der Waals surface area contributed by atoms with E-state index in [-0.39, 0.29) is 23.3 Å². The summed E-state index contributed by atoms with van der Waals surface area (Å²) in [7, 11) is 0. The van der Waals surface area contributed by atoms with Crippen LogP contribution in [0.3, 0.4) is 0 Å². The highest BCUT2D eigenvalue weighted by atomic mass is 32.1. The maximum Gasteiger partial charge on any atom is 0.223 e. The fraction of sp³-hybridized carbons (Fsp3) is 0.636. The largest absolute Gasteiger partial charge is 0.466 e. The van der Waals surface area contributed by atoms with Gasteiger partial charge in [-0.3, -0.25) is 9.69 Å². The molecule has 2 aliphatic rings. The number of piperidine rings is 1. The molecule has 152 valence electrons. The zero-order chi connectivity index (χ0) is 19.9. The lowest BCUT2D eigenvalue weighted by Crippen LogP contribution is -2.43. The Hall–Kier alpha value is -1.66. The summed E-state index contributed by atoms with van der Waals surface area (Å²) in [6.07, 6.45) is 3.74. The van der Waals surface area contributed by atoms with Crippen LogP contribution in [0.25, 0.3) is 0 Å². The Balaban J connectivity index is 1.34. The number of carbonyl (C=O) groups excluding carboxylic acids is 1. The molecule has 1 unspecified atom stereocenters. The van der Waals surface area contributed by atoms with Crippen LogP contribution in [0.2, 0.25) is 0 Å². The Bertz CT molecular complexity index is 846. The van der Waals surface area contributed by atoms with Crippen molar-refractivity contribution in [1.82, 2.24) is 15.2 Å². The van der Waals surface area contributed by atoms with Crippen molar-refractivity contribution in [3.8, 4) is 0 Å². The number of hydrogen-bond acceptors (Lipinski definition) is 5. The molecule has 2 aromatic rings. The number of amides is 1. The predicted octanol–water partition coefficient (Wildman–Crippen LogP) is 4.39. The SMILES string of the molecule is Cc1cc2c(o1)CC(C)(C)CC2NC(=O)C1CCN(Cc2csc(C)n2)CC1. The van der Waals surface area contributed by atoms with Crippen LogP contribution >= 0.6 is 11.3 Å². The number of carbonyl (C=O) groups is 1. The molecule has 1 aliphatic heterocycles. The van der Waals surface area contributed by atoms with E-state index in [0.29, 0.717) is 0 Å². The molecule has 0 saturated carbocycles. The molecule has 3 heterocycles. The van der Waals surface area contributed by atoms with E-state index in [1.54, 1.807) is 11.3 Å². The molecule has 1 aliphatic carbocycles. The summed E-state index contributed by atoms with van der Waals surface area (Å²) >= 11 is 1.70. The van der Waals surface area contributed by atoms with Crippen molar-refractivity contribution in [3.05, 3.63) is 39.2 Å². The van der Waals surface area contributed by atoms with Crippen LogP contribution in [0, 0.1) is 25.2 Å². The van der Waals surface area contributed by atoms with Gasteiger partial charge >= 0.3 is 0 Å². The first kappa shape index (κ1) is 19.6. The van der Waals surface area contributed by atoms with Crippen LogP contribution in [0.4, 0.5) is 0 Å². The Kier molecular flexibility index (Phi) is 5.36. The van der Waals surface area contributed by atoms with Gasteiger partial charge in [-0.2, -0.15) is 0 Å². The van der Waals surface area contributed by atoms with Crippen molar-refractivity contribution in [2.24, 2.45) is 11.3 Å². The van der Waals surface area contributed by atoms with Crippen molar-refractivity contribution < 1.29 is 9.21 Å². The summed E-state index contributed by atoms with van der Waals surface area (Å²) in [5.74, 6) is 2.30. The number of rotatable bonds is 4. The molecule has 0 spiro atoms. The van der Waals surface area contributed by atoms with Crippen molar-refractivity contribution >= 4 is 17.2 Å². The monoisotopic (exact) mass is 401 g/mol. The average molecular weight is 402 g/mol. The Morgan fingerprint density at radius 2 is 2.11 bits per heavy atom. The van der Waals surface area contributed by atoms with Gasteiger partial charge in [-0.1, -0.05) is 13.8 Å². The van der Waals surface area contributed by atoms with Gasteiger partial charge in [-0.25, -0.2) is 4.98 Å². The molecule has 1 N–H and O–H groups in total. The standard InChI is InChI=1S/C22H31N3O2S/c1-14-9-18-19(10-22(3,4)11-20(18)27-14)24-21(26)16-5-7-25(8-6-16)12-17-13-28-15(2)23-17/h9,13,16,19H,5-8,10-12H2,1-4H3,(H,24,26). The van der Waals surface area contributed by atoms with Crippen molar-refractivity contribution in [1.29, 1.82) is 0 Å². The Morgan fingerprint density at radius 3 is 2.79 bits per heavy atom. The third kappa shape index (κ3) is 4.33. The highest BCUT2D eigenvalue weighted by molar-refractivity contribution is 7.09. The lowest BCUT2D eigenvalue weighted by atomic mass is 9.74. The maximum absolute atomic E-state index is 13.0. The van der Waals surface area contributed by atoms with Crippen LogP contribution in [0.5, 0.6) is 0 Å². The van der Waals surface area contributed by atoms with E-state index in [4.69, 9.17) is 4.42 Å². The minimum atomic E-state index is 0.0692. The van der Waals surface area contributed by atoms with Gasteiger partial charge in [0.15, 0.2) is 0 Å². The van der Waals surface area contributed by atoms with E-state index in [0.717, 1.165) is 67.5 Å². The topological polar surface area (TPSA) is 58.4 Å². The maximum atomic E-state index is 13.0. The van der Waals surface area contributed by atoms with E-state index >= 15 is 0 Å². The lowest BCUT2D eigenvalue weighted by molar-refractivity contribution is -0.127. The normalized spacial score (nSPS) is 22.8. The smallest absolute Gasteiger partial charge is 0.223 e. The van der Waals surface area contributed by atoms with Gasteiger partial charge in [0.2, 0.25) is 5.91 Å². The van der Waals surface area contributed by atoms with Gasteiger partial charge in [0, 0.05) is 29.8 Å². The number of fused-ring (bicyclic) bond motifs is 1. The number of nitrogens with one attached hydrogen (secondary N) is 1. The summed E-state index contributed by atoms with van der Waals surface area (Å²) in [4.78, 5) is 20.0. The molecule has 28 heavy (non-hydrogen) atoms. The number of likely N-dealkylation sites (tertiary alicyclic amines) is 1. The second kappa shape index (κ2) is 7.64. The molecule has 1 atom stereocenters. The third-order valence-corrected chi connectivity index (χ3v) is 6.89. The first-order chi connectivity index (χ1) is 13.3. The number of hydrogen-bond donors (Lipinski definition) is 1. The summed E-state index contributed by atoms with van der Waals surface area (Å²) in [6.45, 7) is 11.4. The number of thiazole rings is 1. The van der Waals surface area contributed by atoms with Crippen molar-refractivity contribution in [2.75, 3.05) is 13.1 Å². The summed E-state index contributed by atoms with van der Waals surface area (Å²) in [5.41, 5.74) is 2.48. The minimum Gasteiger partial charge on any atom is -0.466 e. The number of furan rings is 1. The van der Waals surface area contributed by atoms with Gasteiger partial charge in [0.1, 0.15) is 11.5 Å². The van der Waals surface area contributed by atoms with Crippen molar-refractivity contribution in [2.45, 2.75) is 66.0 Å². The summed E-state index contributed by atoms with van der Waals surface area (Å²) in [6, 6.07) is 2.17. The second-order valence-electron chi connectivity index (χ2n) is 9.25. The second-order valence-corrected chi connectivity index (χ2v) is 10.3. The van der Waals surface area contributed by atoms with Gasteiger partial charge in [-0.05, 0) is 57.7 Å². The first-order valence-corrected chi connectivity index (χ1v) is 11.2.